The van der Waals surface area contributed by atoms with Gasteiger partial charge in [-0.1, -0.05) is 17.3 Å². The zero-order valence-corrected chi connectivity index (χ0v) is 20.9. The monoisotopic (exact) mass is 504 g/mol. The molecular formula is C25H28N8O2S. The Morgan fingerprint density at radius 2 is 2.03 bits per heavy atom. The average molecular weight is 505 g/mol. The first kappa shape index (κ1) is 23.9. The van der Waals surface area contributed by atoms with Crippen molar-refractivity contribution in [2.24, 2.45) is 5.16 Å². The number of benzene rings is 1. The first-order chi connectivity index (χ1) is 17.6. The number of nitrogen functional groups attached to an aromatic ring is 1. The van der Waals surface area contributed by atoms with Crippen LogP contribution in [0.2, 0.25) is 0 Å². The predicted octanol–water partition coefficient (Wildman–Crippen LogP) is 3.07. The fourth-order valence-electron chi connectivity index (χ4n) is 4.19. The van der Waals surface area contributed by atoms with Gasteiger partial charge in [0.25, 0.3) is 5.91 Å². The number of oxime groups is 1. The molecule has 3 aromatic heterocycles. The Morgan fingerprint density at radius 3 is 2.75 bits per heavy atom. The zero-order valence-electron chi connectivity index (χ0n) is 20.1. The molecule has 186 valence electrons. The molecule has 0 atom stereocenters. The molecule has 11 heteroatoms. The summed E-state index contributed by atoms with van der Waals surface area (Å²) in [6.07, 6.45) is 6.06. The van der Waals surface area contributed by atoms with Gasteiger partial charge in [-0.3, -0.25) is 9.69 Å². The van der Waals surface area contributed by atoms with Crippen LogP contribution in [0.1, 0.15) is 40.7 Å². The summed E-state index contributed by atoms with van der Waals surface area (Å²) >= 11 is 1.27. The first-order valence-electron chi connectivity index (χ1n) is 12.0. The van der Waals surface area contributed by atoms with Crippen LogP contribution in [-0.2, 0) is 4.84 Å². The van der Waals surface area contributed by atoms with Gasteiger partial charge in [-0.25, -0.2) is 14.6 Å². The van der Waals surface area contributed by atoms with Gasteiger partial charge < -0.3 is 15.9 Å². The highest BCUT2D eigenvalue weighted by Gasteiger charge is 2.20. The van der Waals surface area contributed by atoms with Gasteiger partial charge in [0.05, 0.1) is 10.6 Å². The number of nitrogens with zero attached hydrogens (tertiary/aromatic N) is 6. The van der Waals surface area contributed by atoms with Crippen molar-refractivity contribution < 1.29 is 9.63 Å². The second kappa shape index (κ2) is 10.8. The normalized spacial score (nSPS) is 14.4. The Labute approximate surface area is 212 Å². The van der Waals surface area contributed by atoms with Gasteiger partial charge >= 0.3 is 0 Å². The lowest BCUT2D eigenvalue weighted by Crippen LogP contribution is -2.23. The lowest BCUT2D eigenvalue weighted by atomic mass is 10.0. The molecule has 0 unspecified atom stereocenters. The smallest absolute Gasteiger partial charge is 0.261 e. The molecule has 3 N–H and O–H groups in total. The second-order valence-corrected chi connectivity index (χ2v) is 9.47. The van der Waals surface area contributed by atoms with E-state index in [1.54, 1.807) is 16.9 Å². The molecule has 0 saturated carbocycles. The number of amides is 1. The number of nitrogens with two attached hydrogens (primary N) is 1. The number of rotatable bonds is 9. The number of hydrogen-bond acceptors (Lipinski definition) is 9. The summed E-state index contributed by atoms with van der Waals surface area (Å²) in [6.45, 7) is 5.88. The number of hydrogen-bond donors (Lipinski definition) is 2. The quantitative estimate of drug-likeness (QED) is 0.204. The number of nitrogens with one attached hydrogen (secondary N) is 1. The van der Waals surface area contributed by atoms with Gasteiger partial charge in [0.1, 0.15) is 22.8 Å². The minimum Gasteiger partial charge on any atom is -0.394 e. The van der Waals surface area contributed by atoms with Crippen LogP contribution in [0.5, 0.6) is 0 Å². The number of carbonyl (C=O) groups excluding carboxylic acids is 1. The van der Waals surface area contributed by atoms with Crippen LogP contribution in [0.15, 0.2) is 53.9 Å². The maximum atomic E-state index is 12.5. The van der Waals surface area contributed by atoms with Crippen molar-refractivity contribution in [3.8, 4) is 5.69 Å². The Hall–Kier alpha value is -3.83. The molecule has 1 aromatic carbocycles. The van der Waals surface area contributed by atoms with E-state index in [0.29, 0.717) is 39.7 Å². The van der Waals surface area contributed by atoms with Crippen LogP contribution in [-0.4, -0.2) is 69.1 Å². The van der Waals surface area contributed by atoms with Gasteiger partial charge in [0.2, 0.25) is 5.95 Å². The lowest BCUT2D eigenvalue weighted by Gasteiger charge is -2.14. The van der Waals surface area contributed by atoms with E-state index in [0.717, 1.165) is 30.9 Å². The molecule has 5 rings (SSSR count). The molecule has 36 heavy (non-hydrogen) atoms. The van der Waals surface area contributed by atoms with E-state index in [-0.39, 0.29) is 11.9 Å². The predicted molar refractivity (Wildman–Crippen MR) is 141 cm³/mol. The van der Waals surface area contributed by atoms with Gasteiger partial charge in [0.15, 0.2) is 0 Å². The molecule has 0 aliphatic carbocycles. The highest BCUT2D eigenvalue weighted by molar-refractivity contribution is 7.20. The minimum absolute atomic E-state index is 0.111. The van der Waals surface area contributed by atoms with Crippen LogP contribution in [0.25, 0.3) is 15.9 Å². The number of anilines is 1. The Kier molecular flexibility index (Phi) is 7.19. The van der Waals surface area contributed by atoms with Gasteiger partial charge in [-0.15, -0.1) is 11.3 Å². The second-order valence-electron chi connectivity index (χ2n) is 8.44. The minimum atomic E-state index is -0.158. The highest BCUT2D eigenvalue weighted by Crippen LogP contribution is 2.29. The van der Waals surface area contributed by atoms with E-state index in [9.17, 15) is 4.79 Å². The van der Waals surface area contributed by atoms with Crippen LogP contribution in [0.4, 0.5) is 5.95 Å². The summed E-state index contributed by atoms with van der Waals surface area (Å²) in [4.78, 5) is 30.7. The summed E-state index contributed by atoms with van der Waals surface area (Å²) in [6, 6.07) is 11.5. The maximum Gasteiger partial charge on any atom is 0.261 e. The summed E-state index contributed by atoms with van der Waals surface area (Å²) in [7, 11) is 0. The SMILES string of the molecule is CCNC(=O)c1cc2c(C(=NOCCN3CCCC3)c3ccc(-n4cccn4)cc3)nc(N)nc2s1. The molecule has 1 fully saturated rings. The van der Waals surface area contributed by atoms with E-state index in [4.69, 9.17) is 10.6 Å². The van der Waals surface area contributed by atoms with Gasteiger partial charge in [0, 0.05) is 36.4 Å². The Bertz CT molecular complexity index is 1360. The summed E-state index contributed by atoms with van der Waals surface area (Å²) < 4.78 is 1.78. The number of aromatic nitrogens is 4. The summed E-state index contributed by atoms with van der Waals surface area (Å²) in [5.41, 5.74) is 8.86. The third-order valence-electron chi connectivity index (χ3n) is 5.96. The van der Waals surface area contributed by atoms with Crippen molar-refractivity contribution in [3.05, 3.63) is 64.9 Å². The molecule has 0 radical (unpaired) electrons. The molecular weight excluding hydrogens is 476 g/mol. The average Bonchev–Trinajstić information content (AvgIpc) is 3.66. The van der Waals surface area contributed by atoms with Crippen molar-refractivity contribution in [2.75, 3.05) is 38.5 Å². The first-order valence-corrected chi connectivity index (χ1v) is 12.8. The molecule has 1 aliphatic heterocycles. The maximum absolute atomic E-state index is 12.5. The number of likely N-dealkylation sites (tertiary alicyclic amines) is 1. The highest BCUT2D eigenvalue weighted by atomic mass is 32.1. The Balaban J connectivity index is 1.52. The van der Waals surface area contributed by atoms with E-state index in [1.807, 2.05) is 43.5 Å². The lowest BCUT2D eigenvalue weighted by molar-refractivity contribution is 0.0960. The standard InChI is InChI=1S/C25H28N8O2S/c1-2-27-23(34)20-16-19-22(29-25(26)30-24(19)36-20)21(31-35-15-14-32-11-3-4-12-32)17-6-8-18(9-7-17)33-13-5-10-28-33/h5-10,13,16H,2-4,11-12,14-15H2,1H3,(H,27,34)(H2,26,29,30). The molecule has 4 heterocycles. The van der Waals surface area contributed by atoms with E-state index in [1.165, 1.54) is 24.2 Å². The molecule has 1 aliphatic rings. The van der Waals surface area contributed by atoms with Crippen molar-refractivity contribution in [1.82, 2.24) is 30.0 Å². The molecule has 0 bridgehead atoms. The van der Waals surface area contributed by atoms with Crippen LogP contribution in [0, 0.1) is 0 Å². The van der Waals surface area contributed by atoms with E-state index >= 15 is 0 Å². The van der Waals surface area contributed by atoms with Gasteiger partial charge in [-0.05, 0) is 57.1 Å². The summed E-state index contributed by atoms with van der Waals surface area (Å²) in [5, 5.41) is 12.3. The molecule has 1 amide bonds. The van der Waals surface area contributed by atoms with Crippen molar-refractivity contribution in [2.45, 2.75) is 19.8 Å². The largest absolute Gasteiger partial charge is 0.394 e. The van der Waals surface area contributed by atoms with Crippen molar-refractivity contribution >= 4 is 39.1 Å². The van der Waals surface area contributed by atoms with Crippen molar-refractivity contribution in [3.63, 3.8) is 0 Å². The third-order valence-corrected chi connectivity index (χ3v) is 6.99. The Morgan fingerprint density at radius 1 is 1.22 bits per heavy atom. The summed E-state index contributed by atoms with van der Waals surface area (Å²) in [5.74, 6) is -0.0475. The van der Waals surface area contributed by atoms with Crippen LogP contribution in [0.3, 0.4) is 0 Å². The molecule has 1 saturated heterocycles. The fraction of sp³-hybridized carbons (Fsp3) is 0.320. The van der Waals surface area contributed by atoms with E-state index < -0.39 is 0 Å². The van der Waals surface area contributed by atoms with Crippen molar-refractivity contribution in [1.29, 1.82) is 0 Å². The molecule has 10 nitrogen and oxygen atoms in total. The number of fused-ring (bicyclic) bond motifs is 1. The fourth-order valence-corrected chi connectivity index (χ4v) is 5.15. The zero-order chi connectivity index (χ0) is 24.9. The van der Waals surface area contributed by atoms with E-state index in [2.05, 4.69) is 30.4 Å². The topological polar surface area (TPSA) is 124 Å². The molecule has 0 spiro atoms. The van der Waals surface area contributed by atoms with Gasteiger partial charge in [-0.2, -0.15) is 5.10 Å². The number of thiophene rings is 1. The van der Waals surface area contributed by atoms with Crippen LogP contribution < -0.4 is 11.1 Å². The number of carbonyl (C=O) groups is 1. The molecule has 4 aromatic rings. The third kappa shape index (κ3) is 5.21. The van der Waals surface area contributed by atoms with Crippen LogP contribution >= 0.6 is 11.3 Å².